The lowest BCUT2D eigenvalue weighted by molar-refractivity contribution is -0.123. The Hall–Kier alpha value is -2.83. The predicted octanol–water partition coefficient (Wildman–Crippen LogP) is 4.87. The molecule has 1 aromatic heterocycles. The van der Waals surface area contributed by atoms with E-state index in [9.17, 15) is 9.59 Å². The van der Waals surface area contributed by atoms with E-state index < -0.39 is 0 Å². The van der Waals surface area contributed by atoms with E-state index in [1.807, 2.05) is 48.6 Å². The van der Waals surface area contributed by atoms with Crippen molar-refractivity contribution < 1.29 is 18.7 Å². The van der Waals surface area contributed by atoms with Gasteiger partial charge < -0.3 is 9.15 Å². The maximum absolute atomic E-state index is 12.6. The van der Waals surface area contributed by atoms with E-state index in [1.165, 1.54) is 4.90 Å². The number of ether oxygens (including phenoxy) is 1. The van der Waals surface area contributed by atoms with Crippen LogP contribution in [0.2, 0.25) is 0 Å². The molecule has 2 heterocycles. The minimum Gasteiger partial charge on any atom is -0.457 e. The maximum atomic E-state index is 12.6. The smallest absolute Gasteiger partial charge is 0.293 e. The summed E-state index contributed by atoms with van der Waals surface area (Å²) in [6.07, 6.45) is 8.53. The molecule has 1 fully saturated rings. The molecule has 1 saturated heterocycles. The van der Waals surface area contributed by atoms with E-state index in [1.54, 1.807) is 19.3 Å². The quantitative estimate of drug-likeness (QED) is 0.678. The number of furan rings is 1. The highest BCUT2D eigenvalue weighted by Gasteiger charge is 2.35. The zero-order chi connectivity index (χ0) is 19.5. The van der Waals surface area contributed by atoms with Crippen molar-refractivity contribution in [2.24, 2.45) is 0 Å². The van der Waals surface area contributed by atoms with Gasteiger partial charge in [-0.25, -0.2) is 0 Å². The molecule has 6 heteroatoms. The Labute approximate surface area is 167 Å². The Morgan fingerprint density at radius 3 is 2.75 bits per heavy atom. The molecule has 1 unspecified atom stereocenters. The zero-order valence-corrected chi connectivity index (χ0v) is 16.1. The van der Waals surface area contributed by atoms with Crippen molar-refractivity contribution in [3.8, 4) is 0 Å². The van der Waals surface area contributed by atoms with Crippen LogP contribution in [-0.2, 0) is 16.1 Å². The van der Waals surface area contributed by atoms with Gasteiger partial charge in [-0.15, -0.1) is 0 Å². The fourth-order valence-corrected chi connectivity index (χ4v) is 3.89. The Bertz CT molecular complexity index is 987. The first kappa shape index (κ1) is 18.5. The van der Waals surface area contributed by atoms with Crippen molar-refractivity contribution in [2.75, 3.05) is 7.11 Å². The van der Waals surface area contributed by atoms with Gasteiger partial charge in [0, 0.05) is 18.8 Å². The summed E-state index contributed by atoms with van der Waals surface area (Å²) in [5.74, 6) is 0.973. The number of thioether (sulfide) groups is 1. The third-order valence-corrected chi connectivity index (χ3v) is 5.51. The molecule has 1 aliphatic carbocycles. The fourth-order valence-electron chi connectivity index (χ4n) is 3.08. The molecular formula is C22H19NO4S. The van der Waals surface area contributed by atoms with Crippen LogP contribution in [0.15, 0.2) is 70.0 Å². The molecule has 28 heavy (non-hydrogen) atoms. The number of methoxy groups -OCH3 is 1. The highest BCUT2D eigenvalue weighted by Crippen LogP contribution is 2.34. The summed E-state index contributed by atoms with van der Waals surface area (Å²) < 4.78 is 11.2. The predicted molar refractivity (Wildman–Crippen MR) is 109 cm³/mol. The fraction of sp³-hybridized carbons (Fsp3) is 0.182. The van der Waals surface area contributed by atoms with E-state index in [0.29, 0.717) is 10.7 Å². The molecule has 1 atom stereocenters. The van der Waals surface area contributed by atoms with Gasteiger partial charge in [-0.2, -0.15) is 0 Å². The van der Waals surface area contributed by atoms with Crippen LogP contribution in [0.3, 0.4) is 0 Å². The molecule has 0 spiro atoms. The summed E-state index contributed by atoms with van der Waals surface area (Å²) in [6, 6.07) is 13.1. The molecule has 4 rings (SSSR count). The lowest BCUT2D eigenvalue weighted by Crippen LogP contribution is -2.27. The van der Waals surface area contributed by atoms with Crippen molar-refractivity contribution in [2.45, 2.75) is 19.1 Å². The second kappa shape index (κ2) is 8.04. The number of hydrogen-bond donors (Lipinski definition) is 0. The second-order valence-corrected chi connectivity index (χ2v) is 7.48. The normalized spacial score (nSPS) is 20.9. The van der Waals surface area contributed by atoms with Gasteiger partial charge in [-0.3, -0.25) is 14.5 Å². The van der Waals surface area contributed by atoms with Crippen molar-refractivity contribution in [1.29, 1.82) is 0 Å². The van der Waals surface area contributed by atoms with E-state index >= 15 is 0 Å². The van der Waals surface area contributed by atoms with Crippen molar-refractivity contribution in [3.05, 3.63) is 82.7 Å². The first-order valence-electron chi connectivity index (χ1n) is 8.94. The van der Waals surface area contributed by atoms with Crippen LogP contribution in [0.4, 0.5) is 4.79 Å². The first-order valence-corrected chi connectivity index (χ1v) is 9.76. The molecule has 0 saturated carbocycles. The van der Waals surface area contributed by atoms with Gasteiger partial charge in [0.2, 0.25) is 0 Å². The van der Waals surface area contributed by atoms with Crippen LogP contribution >= 0.6 is 11.8 Å². The van der Waals surface area contributed by atoms with Gasteiger partial charge in [0.25, 0.3) is 11.1 Å². The molecular weight excluding hydrogens is 374 g/mol. The third-order valence-electron chi connectivity index (χ3n) is 4.61. The van der Waals surface area contributed by atoms with Gasteiger partial charge >= 0.3 is 0 Å². The van der Waals surface area contributed by atoms with Gasteiger partial charge in [0.15, 0.2) is 0 Å². The minimum atomic E-state index is -0.295. The molecule has 2 amide bonds. The van der Waals surface area contributed by atoms with Crippen LogP contribution < -0.4 is 0 Å². The Balaban J connectivity index is 1.49. The molecule has 2 aliphatic rings. The summed E-state index contributed by atoms with van der Waals surface area (Å²) >= 11 is 0.937. The monoisotopic (exact) mass is 393 g/mol. The SMILES string of the molecule is COC1C=CC(c2ccc(/C=C3\SC(=O)N(Cc4ccccc4)C3=O)o2)=CC1. The molecule has 5 nitrogen and oxygen atoms in total. The van der Waals surface area contributed by atoms with Crippen molar-refractivity contribution in [3.63, 3.8) is 0 Å². The lowest BCUT2D eigenvalue weighted by Gasteiger charge is -2.13. The number of allylic oxidation sites excluding steroid dienone is 2. The maximum Gasteiger partial charge on any atom is 0.293 e. The molecule has 0 bridgehead atoms. The zero-order valence-electron chi connectivity index (χ0n) is 15.3. The number of carbonyl (C=O) groups excluding carboxylic acids is 2. The minimum absolute atomic E-state index is 0.0921. The first-order chi connectivity index (χ1) is 13.6. The highest BCUT2D eigenvalue weighted by molar-refractivity contribution is 8.18. The molecule has 1 aliphatic heterocycles. The van der Waals surface area contributed by atoms with E-state index in [-0.39, 0.29) is 23.8 Å². The Kier molecular flexibility index (Phi) is 5.32. The average molecular weight is 393 g/mol. The van der Waals surface area contributed by atoms with Crippen LogP contribution in [-0.4, -0.2) is 29.3 Å². The Morgan fingerprint density at radius 1 is 1.21 bits per heavy atom. The summed E-state index contributed by atoms with van der Waals surface area (Å²) in [7, 11) is 1.68. The molecule has 142 valence electrons. The van der Waals surface area contributed by atoms with Crippen molar-refractivity contribution >= 4 is 34.6 Å². The van der Waals surface area contributed by atoms with Crippen LogP contribution in [0.1, 0.15) is 23.5 Å². The summed E-state index contributed by atoms with van der Waals surface area (Å²) in [6.45, 7) is 0.268. The average Bonchev–Trinajstić information content (AvgIpc) is 3.29. The molecule has 2 aromatic rings. The highest BCUT2D eigenvalue weighted by atomic mass is 32.2. The number of rotatable bonds is 5. The largest absolute Gasteiger partial charge is 0.457 e. The third kappa shape index (κ3) is 3.88. The topological polar surface area (TPSA) is 59.8 Å². The summed E-state index contributed by atoms with van der Waals surface area (Å²) in [5, 5.41) is -0.268. The van der Waals surface area contributed by atoms with E-state index in [4.69, 9.17) is 9.15 Å². The Morgan fingerprint density at radius 2 is 2.04 bits per heavy atom. The van der Waals surface area contributed by atoms with E-state index in [2.05, 4.69) is 6.08 Å². The van der Waals surface area contributed by atoms with Gasteiger partial charge in [0.05, 0.1) is 17.6 Å². The standard InChI is InChI=1S/C22H19NO4S/c1-26-17-9-7-16(8-10-17)19-12-11-18(27-19)13-20-21(24)23(22(25)28-20)14-15-5-3-2-4-6-15/h2-9,11-13,17H,10,14H2,1H3/b20-13-. The summed E-state index contributed by atoms with van der Waals surface area (Å²) in [4.78, 5) is 26.5. The van der Waals surface area contributed by atoms with Gasteiger partial charge in [0.1, 0.15) is 11.5 Å². The number of amides is 2. The number of carbonyl (C=O) groups is 2. The lowest BCUT2D eigenvalue weighted by atomic mass is 10.0. The van der Waals surface area contributed by atoms with Gasteiger partial charge in [-0.05, 0) is 35.9 Å². The number of benzene rings is 1. The van der Waals surface area contributed by atoms with Gasteiger partial charge in [-0.1, -0.05) is 48.6 Å². The second-order valence-electron chi connectivity index (χ2n) is 6.48. The molecule has 1 aromatic carbocycles. The number of hydrogen-bond acceptors (Lipinski definition) is 5. The summed E-state index contributed by atoms with van der Waals surface area (Å²) in [5.41, 5.74) is 1.89. The van der Waals surface area contributed by atoms with Crippen molar-refractivity contribution in [1.82, 2.24) is 4.90 Å². The van der Waals surface area contributed by atoms with E-state index in [0.717, 1.165) is 35.1 Å². The molecule has 0 radical (unpaired) electrons. The number of imide groups is 1. The molecule has 0 N–H and O–H groups in total. The van der Waals surface area contributed by atoms with Crippen LogP contribution in [0, 0.1) is 0 Å². The number of nitrogens with zero attached hydrogens (tertiary/aromatic N) is 1. The van der Waals surface area contributed by atoms with Crippen LogP contribution in [0.25, 0.3) is 11.6 Å². The van der Waals surface area contributed by atoms with Crippen LogP contribution in [0.5, 0.6) is 0 Å².